The highest BCUT2D eigenvalue weighted by Crippen LogP contribution is 2.11. The lowest BCUT2D eigenvalue weighted by Gasteiger charge is -2.15. The molecule has 0 amide bonds. The zero-order valence-corrected chi connectivity index (χ0v) is 8.68. The molecule has 0 aliphatic heterocycles. The summed E-state index contributed by atoms with van der Waals surface area (Å²) in [4.78, 5) is 2.01. The predicted molar refractivity (Wildman–Crippen MR) is 56.2 cm³/mol. The van der Waals surface area contributed by atoms with E-state index < -0.39 is 6.29 Å². The van der Waals surface area contributed by atoms with Crippen molar-refractivity contribution in [1.82, 2.24) is 4.90 Å². The lowest BCUT2D eigenvalue weighted by molar-refractivity contribution is -0.0266. The molecule has 0 unspecified atom stereocenters. The van der Waals surface area contributed by atoms with Gasteiger partial charge in [0, 0.05) is 13.0 Å². The molecule has 0 fully saturated rings. The summed E-state index contributed by atoms with van der Waals surface area (Å²) in [5.41, 5.74) is 0. The fourth-order valence-electron chi connectivity index (χ4n) is 1.08. The molecule has 0 saturated carbocycles. The molecule has 1 aromatic rings. The number of ether oxygens (including phenoxy) is 1. The highest BCUT2D eigenvalue weighted by molar-refractivity contribution is 5.20. The number of benzene rings is 1. The molecule has 3 nitrogen and oxygen atoms in total. The second kappa shape index (κ2) is 5.62. The van der Waals surface area contributed by atoms with Crippen LogP contribution in [0, 0.1) is 0 Å². The van der Waals surface area contributed by atoms with Gasteiger partial charge >= 0.3 is 0 Å². The van der Waals surface area contributed by atoms with Crippen LogP contribution in [0.5, 0.6) is 5.75 Å². The summed E-state index contributed by atoms with van der Waals surface area (Å²) >= 11 is 0. The van der Waals surface area contributed by atoms with Gasteiger partial charge in [-0.3, -0.25) is 0 Å². The molecular formula is C11H17NO2. The van der Waals surface area contributed by atoms with Crippen molar-refractivity contribution in [1.29, 1.82) is 0 Å². The van der Waals surface area contributed by atoms with E-state index in [4.69, 9.17) is 4.74 Å². The average molecular weight is 195 g/mol. The first-order chi connectivity index (χ1) is 6.68. The number of para-hydroxylation sites is 1. The van der Waals surface area contributed by atoms with Crippen molar-refractivity contribution in [3.8, 4) is 5.75 Å². The average Bonchev–Trinajstić information content (AvgIpc) is 2.16. The highest BCUT2D eigenvalue weighted by atomic mass is 16.6. The van der Waals surface area contributed by atoms with Gasteiger partial charge in [0.25, 0.3) is 0 Å². The van der Waals surface area contributed by atoms with Gasteiger partial charge in [-0.1, -0.05) is 18.2 Å². The first-order valence-corrected chi connectivity index (χ1v) is 4.73. The number of nitrogens with zero attached hydrogens (tertiary/aromatic N) is 1. The zero-order chi connectivity index (χ0) is 10.4. The normalized spacial score (nSPS) is 12.9. The summed E-state index contributed by atoms with van der Waals surface area (Å²) in [5.74, 6) is 0.707. The fraction of sp³-hybridized carbons (Fsp3) is 0.455. The molecule has 1 N–H and O–H groups in total. The molecule has 0 aliphatic rings. The molecule has 0 saturated heterocycles. The second-order valence-electron chi connectivity index (χ2n) is 3.48. The standard InChI is InChI=1S/C11H17NO2/c1-12(2)9-8-11(13)14-10-6-4-3-5-7-10/h3-7,11,13H,8-9H2,1-2H3/t11-/m0/s1. The lowest BCUT2D eigenvalue weighted by Crippen LogP contribution is -2.23. The molecule has 0 aliphatic carbocycles. The Bertz CT molecular complexity index is 249. The van der Waals surface area contributed by atoms with Crippen molar-refractivity contribution in [3.05, 3.63) is 30.3 Å². The summed E-state index contributed by atoms with van der Waals surface area (Å²) in [6.07, 6.45) is -0.109. The molecule has 0 heterocycles. The van der Waals surface area contributed by atoms with Gasteiger partial charge in [-0.15, -0.1) is 0 Å². The molecular weight excluding hydrogens is 178 g/mol. The van der Waals surface area contributed by atoms with E-state index in [1.165, 1.54) is 0 Å². The zero-order valence-electron chi connectivity index (χ0n) is 8.68. The third kappa shape index (κ3) is 4.25. The van der Waals surface area contributed by atoms with Crippen molar-refractivity contribution in [2.45, 2.75) is 12.7 Å². The van der Waals surface area contributed by atoms with E-state index in [1.807, 2.05) is 49.3 Å². The van der Waals surface area contributed by atoms with E-state index in [9.17, 15) is 5.11 Å². The van der Waals surface area contributed by atoms with Gasteiger partial charge in [-0.25, -0.2) is 0 Å². The molecule has 3 heteroatoms. The van der Waals surface area contributed by atoms with Crippen molar-refractivity contribution in [2.24, 2.45) is 0 Å². The van der Waals surface area contributed by atoms with Crippen molar-refractivity contribution < 1.29 is 9.84 Å². The van der Waals surface area contributed by atoms with E-state index in [-0.39, 0.29) is 0 Å². The van der Waals surface area contributed by atoms with Gasteiger partial charge in [-0.2, -0.15) is 0 Å². The Morgan fingerprint density at radius 2 is 1.93 bits per heavy atom. The van der Waals surface area contributed by atoms with Crippen LogP contribution in [0.4, 0.5) is 0 Å². The van der Waals surface area contributed by atoms with Gasteiger partial charge in [-0.05, 0) is 26.2 Å². The highest BCUT2D eigenvalue weighted by Gasteiger charge is 2.05. The third-order valence-electron chi connectivity index (χ3n) is 1.84. The minimum Gasteiger partial charge on any atom is -0.465 e. The Balaban J connectivity index is 2.30. The third-order valence-corrected chi connectivity index (χ3v) is 1.84. The SMILES string of the molecule is CN(C)CC[C@@H](O)Oc1ccccc1. The smallest absolute Gasteiger partial charge is 0.198 e. The molecule has 0 spiro atoms. The number of hydrogen-bond acceptors (Lipinski definition) is 3. The number of rotatable bonds is 5. The van der Waals surface area contributed by atoms with Crippen LogP contribution in [0.1, 0.15) is 6.42 Å². The molecule has 1 aromatic carbocycles. The van der Waals surface area contributed by atoms with Gasteiger partial charge in [0.1, 0.15) is 5.75 Å². The first kappa shape index (κ1) is 11.0. The molecule has 0 radical (unpaired) electrons. The van der Waals surface area contributed by atoms with E-state index in [0.717, 1.165) is 6.54 Å². The molecule has 1 rings (SSSR count). The van der Waals surface area contributed by atoms with Crippen molar-refractivity contribution >= 4 is 0 Å². The number of hydrogen-bond donors (Lipinski definition) is 1. The van der Waals surface area contributed by atoms with Crippen LogP contribution in [0.3, 0.4) is 0 Å². The molecule has 78 valence electrons. The molecule has 0 aromatic heterocycles. The van der Waals surface area contributed by atoms with Crippen molar-refractivity contribution in [3.63, 3.8) is 0 Å². The van der Waals surface area contributed by atoms with Gasteiger partial charge in [0.05, 0.1) is 0 Å². The minimum atomic E-state index is -0.722. The van der Waals surface area contributed by atoms with Crippen LogP contribution in [-0.2, 0) is 0 Å². The van der Waals surface area contributed by atoms with Crippen LogP contribution in [0.2, 0.25) is 0 Å². The lowest BCUT2D eigenvalue weighted by atomic mass is 10.3. The van der Waals surface area contributed by atoms with Gasteiger partial charge in [0.2, 0.25) is 0 Å². The Morgan fingerprint density at radius 1 is 1.29 bits per heavy atom. The predicted octanol–water partition coefficient (Wildman–Crippen LogP) is 1.34. The maximum absolute atomic E-state index is 9.50. The first-order valence-electron chi connectivity index (χ1n) is 4.73. The van der Waals surface area contributed by atoms with E-state index in [0.29, 0.717) is 12.2 Å². The Kier molecular flexibility index (Phi) is 4.43. The van der Waals surface area contributed by atoms with Gasteiger partial charge < -0.3 is 14.7 Å². The number of aliphatic hydroxyl groups excluding tert-OH is 1. The van der Waals surface area contributed by atoms with Crippen LogP contribution in [-0.4, -0.2) is 36.9 Å². The summed E-state index contributed by atoms with van der Waals surface area (Å²) in [6, 6.07) is 9.35. The van der Waals surface area contributed by atoms with Gasteiger partial charge in [0.15, 0.2) is 6.29 Å². The summed E-state index contributed by atoms with van der Waals surface area (Å²) < 4.78 is 5.29. The maximum atomic E-state index is 9.50. The van der Waals surface area contributed by atoms with Crippen molar-refractivity contribution in [2.75, 3.05) is 20.6 Å². The van der Waals surface area contributed by atoms with Crippen LogP contribution in [0.25, 0.3) is 0 Å². The minimum absolute atomic E-state index is 0.613. The van der Waals surface area contributed by atoms with Crippen LogP contribution in [0.15, 0.2) is 30.3 Å². The van der Waals surface area contributed by atoms with E-state index >= 15 is 0 Å². The van der Waals surface area contributed by atoms with E-state index in [1.54, 1.807) is 0 Å². The Hall–Kier alpha value is -1.06. The summed E-state index contributed by atoms with van der Waals surface area (Å²) in [5, 5.41) is 9.50. The Morgan fingerprint density at radius 3 is 2.50 bits per heavy atom. The molecule has 0 bridgehead atoms. The Labute approximate surface area is 84.9 Å². The second-order valence-corrected chi connectivity index (χ2v) is 3.48. The van der Waals surface area contributed by atoms with E-state index in [2.05, 4.69) is 0 Å². The summed E-state index contributed by atoms with van der Waals surface area (Å²) in [7, 11) is 3.93. The quantitative estimate of drug-likeness (QED) is 0.720. The summed E-state index contributed by atoms with van der Waals surface area (Å²) in [6.45, 7) is 0.813. The van der Waals surface area contributed by atoms with Crippen LogP contribution >= 0.6 is 0 Å². The topological polar surface area (TPSA) is 32.7 Å². The molecule has 1 atom stereocenters. The monoisotopic (exact) mass is 195 g/mol. The number of aliphatic hydroxyl groups is 1. The maximum Gasteiger partial charge on any atom is 0.198 e. The largest absolute Gasteiger partial charge is 0.465 e. The molecule has 14 heavy (non-hydrogen) atoms. The fourth-order valence-corrected chi connectivity index (χ4v) is 1.08. The van der Waals surface area contributed by atoms with Crippen LogP contribution < -0.4 is 4.74 Å².